The molecule has 1 aliphatic rings. The third kappa shape index (κ3) is 16.2. The Morgan fingerprint density at radius 1 is 1.13 bits per heavy atom. The Morgan fingerprint density at radius 2 is 1.74 bits per heavy atom. The molecule has 0 radical (unpaired) electrons. The summed E-state index contributed by atoms with van der Waals surface area (Å²) < 4.78 is 28.8. The van der Waals surface area contributed by atoms with Gasteiger partial charge in [-0.3, -0.25) is 19.4 Å². The van der Waals surface area contributed by atoms with Gasteiger partial charge in [0.05, 0.1) is 24.9 Å². The van der Waals surface area contributed by atoms with E-state index in [0.29, 0.717) is 31.7 Å². The number of terminal acetylenes is 1. The van der Waals surface area contributed by atoms with Gasteiger partial charge in [0, 0.05) is 47.3 Å². The van der Waals surface area contributed by atoms with Crippen molar-refractivity contribution < 1.29 is 33.1 Å². The minimum absolute atomic E-state index is 0.124. The van der Waals surface area contributed by atoms with Crippen LogP contribution in [0.15, 0.2) is 89.4 Å². The number of anilines is 1. The molecule has 11 nitrogen and oxygen atoms in total. The van der Waals surface area contributed by atoms with Gasteiger partial charge in [-0.05, 0) is 54.8 Å². The van der Waals surface area contributed by atoms with Gasteiger partial charge in [-0.25, -0.2) is 13.8 Å². The molecule has 1 saturated heterocycles. The molecule has 0 spiro atoms. The van der Waals surface area contributed by atoms with Crippen LogP contribution in [0.2, 0.25) is 0 Å². The number of benzene rings is 2. The van der Waals surface area contributed by atoms with Crippen LogP contribution in [0.3, 0.4) is 0 Å². The van der Waals surface area contributed by atoms with E-state index in [1.165, 1.54) is 12.1 Å². The van der Waals surface area contributed by atoms with Crippen LogP contribution in [0, 0.1) is 24.5 Å². The molecule has 254 valence electrons. The first-order valence-corrected chi connectivity index (χ1v) is 14.2. The number of aliphatic hydroxyl groups is 1. The fraction of sp³-hybridized carbons (Fsp3) is 0.294. The zero-order valence-corrected chi connectivity index (χ0v) is 27.2. The lowest BCUT2D eigenvalue weighted by Gasteiger charge is -2.24. The Hall–Kier alpha value is -5.00. The fourth-order valence-corrected chi connectivity index (χ4v) is 3.88. The summed E-state index contributed by atoms with van der Waals surface area (Å²) in [5.41, 5.74) is 3.48. The molecule has 1 fully saturated rings. The van der Waals surface area contributed by atoms with Crippen LogP contribution in [0.25, 0.3) is 0 Å². The number of aliphatic hydroxyl groups excluding tert-OH is 1. The Labute approximate surface area is 275 Å². The standard InChI is InChI=1S/C18H20N4O.C7H14N2O3.C6H4F2.C2H2.CH4O/c1-14(11-15-9-10-16(13-23)21-12-15)18(19-2)22(20-3)17-7-5-4-6-8-17;1-11-3-2-9-4-7(5-12-9)8-6-10;7-5-3-1-2-4-6(5)8;2*1-2/h4-10,12-13,19H,3,11H2,1-2H3;6-7H,2-5H2,1H3,(H,8,10);1-4H;1-2H;2H,1H3/b18-14-;;;;. The van der Waals surface area contributed by atoms with Crippen LogP contribution in [0.4, 0.5) is 14.5 Å². The summed E-state index contributed by atoms with van der Waals surface area (Å²) in [6.07, 6.45) is 11.9. The van der Waals surface area contributed by atoms with Crippen molar-refractivity contribution in [2.45, 2.75) is 19.4 Å². The van der Waals surface area contributed by atoms with Gasteiger partial charge in [0.25, 0.3) is 0 Å². The second kappa shape index (κ2) is 26.2. The van der Waals surface area contributed by atoms with Crippen LogP contribution in [-0.4, -0.2) is 88.2 Å². The van der Waals surface area contributed by atoms with Gasteiger partial charge in [-0.2, -0.15) is 10.2 Å². The Balaban J connectivity index is 0.000000733. The Bertz CT molecular complexity index is 1320. The molecule has 1 aromatic heterocycles. The number of methoxy groups -OCH3 is 1. The van der Waals surface area contributed by atoms with Crippen molar-refractivity contribution in [3.05, 3.63) is 107 Å². The first-order chi connectivity index (χ1) is 22.9. The van der Waals surface area contributed by atoms with E-state index in [1.54, 1.807) is 29.4 Å². The molecule has 0 saturated carbocycles. The second-order valence-corrected chi connectivity index (χ2v) is 9.13. The van der Waals surface area contributed by atoms with Crippen molar-refractivity contribution in [2.75, 3.05) is 52.6 Å². The maximum absolute atomic E-state index is 11.9. The largest absolute Gasteiger partial charge is 0.400 e. The van der Waals surface area contributed by atoms with E-state index in [1.807, 2.05) is 50.4 Å². The molecule has 1 amide bonds. The maximum atomic E-state index is 11.9. The lowest BCUT2D eigenvalue weighted by molar-refractivity contribution is -0.118. The first-order valence-electron chi connectivity index (χ1n) is 14.2. The highest BCUT2D eigenvalue weighted by Gasteiger charge is 2.22. The minimum atomic E-state index is -0.799. The predicted octanol–water partition coefficient (Wildman–Crippen LogP) is 3.83. The number of carbonyl (C=O) groups is 2. The van der Waals surface area contributed by atoms with Crippen LogP contribution >= 0.6 is 0 Å². The van der Waals surface area contributed by atoms with Gasteiger partial charge in [-0.1, -0.05) is 36.4 Å². The molecular formula is C34H44F2N6O5. The number of pyridine rings is 1. The van der Waals surface area contributed by atoms with Crippen molar-refractivity contribution in [1.82, 2.24) is 20.7 Å². The molecule has 13 heteroatoms. The fourth-order valence-electron chi connectivity index (χ4n) is 3.88. The highest BCUT2D eigenvalue weighted by atomic mass is 19.2. The summed E-state index contributed by atoms with van der Waals surface area (Å²) in [4.78, 5) is 30.1. The van der Waals surface area contributed by atoms with E-state index >= 15 is 0 Å². The number of nitrogens with one attached hydrogen (secondary N) is 2. The van der Waals surface area contributed by atoms with Gasteiger partial charge in [0.15, 0.2) is 17.9 Å². The van der Waals surface area contributed by atoms with Crippen molar-refractivity contribution in [2.24, 2.45) is 5.10 Å². The average Bonchev–Trinajstić information content (AvgIpc) is 3.58. The number of hydrogen-bond acceptors (Lipinski definition) is 10. The van der Waals surface area contributed by atoms with Crippen LogP contribution in [-0.2, 0) is 20.8 Å². The summed E-state index contributed by atoms with van der Waals surface area (Å²) in [6.45, 7) is 8.38. The number of nitrogens with zero attached hydrogens (tertiary/aromatic N) is 4. The minimum Gasteiger partial charge on any atom is -0.400 e. The molecular weight excluding hydrogens is 610 g/mol. The number of aldehydes is 1. The quantitative estimate of drug-likeness (QED) is 0.116. The third-order valence-electron chi connectivity index (χ3n) is 5.99. The molecule has 3 N–H and O–H groups in total. The summed E-state index contributed by atoms with van der Waals surface area (Å²) >= 11 is 0. The molecule has 0 aliphatic carbocycles. The van der Waals surface area contributed by atoms with Crippen molar-refractivity contribution in [3.8, 4) is 12.8 Å². The maximum Gasteiger partial charge on any atom is 0.207 e. The number of allylic oxidation sites excluding steroid dienone is 1. The van der Waals surface area contributed by atoms with Crippen molar-refractivity contribution in [3.63, 3.8) is 0 Å². The highest BCUT2D eigenvalue weighted by molar-refractivity contribution is 5.71. The summed E-state index contributed by atoms with van der Waals surface area (Å²) in [5.74, 6) is -0.731. The molecule has 47 heavy (non-hydrogen) atoms. The Kier molecular flexibility index (Phi) is 23.4. The Morgan fingerprint density at radius 3 is 2.21 bits per heavy atom. The molecule has 1 aliphatic heterocycles. The number of aromatic nitrogens is 1. The lowest BCUT2D eigenvalue weighted by atomic mass is 10.1. The highest BCUT2D eigenvalue weighted by Crippen LogP contribution is 2.21. The number of amides is 1. The third-order valence-corrected chi connectivity index (χ3v) is 5.99. The van der Waals surface area contributed by atoms with Gasteiger partial charge >= 0.3 is 0 Å². The lowest BCUT2D eigenvalue weighted by Crippen LogP contribution is -2.33. The van der Waals surface area contributed by atoms with Crippen molar-refractivity contribution >= 4 is 25.1 Å². The van der Waals surface area contributed by atoms with Crippen LogP contribution < -0.4 is 15.6 Å². The van der Waals surface area contributed by atoms with Gasteiger partial charge in [0.2, 0.25) is 6.41 Å². The number of carbonyl (C=O) groups excluding carboxylic acids is 2. The number of hydrogen-bond donors (Lipinski definition) is 3. The second-order valence-electron chi connectivity index (χ2n) is 9.13. The SMILES string of the molecule is C#C.C=NN(/C(NC)=C(/C)Cc1ccc(C=O)nc1)c1ccccc1.CO.COCCN1CC(NC=O)CO1.Fc1ccccc1F. The van der Waals surface area contributed by atoms with Crippen LogP contribution in [0.1, 0.15) is 23.0 Å². The molecule has 2 heterocycles. The van der Waals surface area contributed by atoms with Gasteiger partial charge in [-0.15, -0.1) is 12.8 Å². The number of hydrazone groups is 1. The topological polar surface area (TPSA) is 129 Å². The molecule has 3 aromatic rings. The zero-order chi connectivity index (χ0) is 35.5. The monoisotopic (exact) mass is 654 g/mol. The molecule has 4 rings (SSSR count). The van der Waals surface area contributed by atoms with E-state index in [0.717, 1.165) is 61.3 Å². The van der Waals surface area contributed by atoms with E-state index in [-0.39, 0.29) is 6.04 Å². The number of para-hydroxylation sites is 1. The normalized spacial score (nSPS) is 13.5. The number of rotatable bonds is 12. The smallest absolute Gasteiger partial charge is 0.207 e. The van der Waals surface area contributed by atoms with E-state index < -0.39 is 11.6 Å². The molecule has 0 bridgehead atoms. The number of halogens is 2. The van der Waals surface area contributed by atoms with E-state index in [2.05, 4.69) is 40.3 Å². The zero-order valence-electron chi connectivity index (χ0n) is 27.2. The molecule has 2 aromatic carbocycles. The first kappa shape index (κ1) is 42.0. The van der Waals surface area contributed by atoms with Gasteiger partial charge in [0.1, 0.15) is 11.5 Å². The summed E-state index contributed by atoms with van der Waals surface area (Å²) in [6, 6.07) is 18.6. The number of ether oxygens (including phenoxy) is 1. The summed E-state index contributed by atoms with van der Waals surface area (Å²) in [5, 5.41) is 20.5. The molecule has 1 unspecified atom stereocenters. The van der Waals surface area contributed by atoms with E-state index in [4.69, 9.17) is 14.7 Å². The molecule has 1 atom stereocenters. The summed E-state index contributed by atoms with van der Waals surface area (Å²) in [7, 11) is 4.50. The van der Waals surface area contributed by atoms with Crippen molar-refractivity contribution in [1.29, 1.82) is 0 Å². The van der Waals surface area contributed by atoms with E-state index in [9.17, 15) is 18.4 Å². The average molecular weight is 655 g/mol. The van der Waals surface area contributed by atoms with Crippen LogP contribution in [0.5, 0.6) is 0 Å². The predicted molar refractivity (Wildman–Crippen MR) is 180 cm³/mol. The van der Waals surface area contributed by atoms with Gasteiger partial charge < -0.3 is 20.5 Å². The number of hydroxylamine groups is 2.